The first kappa shape index (κ1) is 17.8. The number of hydrogen-bond donors (Lipinski definition) is 2. The van der Waals surface area contributed by atoms with E-state index in [4.69, 9.17) is 9.84 Å². The Bertz CT molecular complexity index is 563. The zero-order chi connectivity index (χ0) is 16.8. The first-order chi connectivity index (χ1) is 11.0. The van der Waals surface area contributed by atoms with Gasteiger partial charge < -0.3 is 15.2 Å². The normalized spacial score (nSPS) is 22.2. The molecule has 6 heteroatoms. The molecule has 0 aliphatic heterocycles. The summed E-state index contributed by atoms with van der Waals surface area (Å²) >= 11 is 3.39. The van der Waals surface area contributed by atoms with Crippen molar-refractivity contribution in [1.29, 1.82) is 0 Å². The summed E-state index contributed by atoms with van der Waals surface area (Å²) in [5.74, 6) is -0.725. The van der Waals surface area contributed by atoms with Crippen LogP contribution in [0.25, 0.3) is 0 Å². The van der Waals surface area contributed by atoms with Crippen molar-refractivity contribution in [1.82, 2.24) is 5.32 Å². The summed E-state index contributed by atoms with van der Waals surface area (Å²) in [6.07, 6.45) is 2.49. The third-order valence-corrected chi connectivity index (χ3v) is 4.58. The molecule has 126 valence electrons. The topological polar surface area (TPSA) is 75.6 Å². The van der Waals surface area contributed by atoms with Gasteiger partial charge in [0.15, 0.2) is 0 Å². The van der Waals surface area contributed by atoms with Gasteiger partial charge in [-0.25, -0.2) is 0 Å². The molecular weight excluding hydrogens is 362 g/mol. The van der Waals surface area contributed by atoms with Gasteiger partial charge in [-0.05, 0) is 44.4 Å². The maximum atomic E-state index is 12.2. The number of carbonyl (C=O) groups is 2. The molecule has 0 radical (unpaired) electrons. The zero-order valence-electron chi connectivity index (χ0n) is 13.1. The van der Waals surface area contributed by atoms with E-state index in [2.05, 4.69) is 21.2 Å². The average Bonchev–Trinajstić information content (AvgIpc) is 2.52. The molecule has 0 aromatic heterocycles. The number of hydrogen-bond acceptors (Lipinski definition) is 3. The molecule has 0 bridgehead atoms. The van der Waals surface area contributed by atoms with Crippen LogP contribution in [0.5, 0.6) is 5.75 Å². The highest BCUT2D eigenvalue weighted by Gasteiger charge is 2.31. The van der Waals surface area contributed by atoms with Crippen LogP contribution in [0.4, 0.5) is 0 Å². The third-order valence-electron chi connectivity index (χ3n) is 4.09. The maximum absolute atomic E-state index is 12.2. The molecule has 0 heterocycles. The number of aliphatic carboxylic acids is 1. The quantitative estimate of drug-likeness (QED) is 0.790. The molecule has 1 saturated carbocycles. The van der Waals surface area contributed by atoms with E-state index in [0.29, 0.717) is 19.4 Å². The van der Waals surface area contributed by atoms with Crippen LogP contribution in [0.1, 0.15) is 32.6 Å². The fraction of sp³-hybridized carbons (Fsp3) is 0.529. The second-order valence-corrected chi connectivity index (χ2v) is 6.95. The fourth-order valence-corrected chi connectivity index (χ4v) is 3.23. The smallest absolute Gasteiger partial charge is 0.306 e. The van der Waals surface area contributed by atoms with Gasteiger partial charge in [-0.3, -0.25) is 9.59 Å². The Morgan fingerprint density at radius 1 is 1.39 bits per heavy atom. The van der Waals surface area contributed by atoms with Gasteiger partial charge in [-0.15, -0.1) is 0 Å². The number of carboxylic acids is 1. The second kappa shape index (κ2) is 8.34. The summed E-state index contributed by atoms with van der Waals surface area (Å²) < 4.78 is 6.69. The Kier molecular flexibility index (Phi) is 6.45. The van der Waals surface area contributed by atoms with Gasteiger partial charge in [0.05, 0.1) is 12.5 Å². The molecule has 1 fully saturated rings. The van der Waals surface area contributed by atoms with E-state index in [0.717, 1.165) is 23.1 Å². The Balaban J connectivity index is 1.78. The van der Waals surface area contributed by atoms with Crippen molar-refractivity contribution in [3.63, 3.8) is 0 Å². The zero-order valence-corrected chi connectivity index (χ0v) is 14.7. The molecule has 3 atom stereocenters. The number of nitrogens with one attached hydrogen (secondary N) is 1. The van der Waals surface area contributed by atoms with Crippen molar-refractivity contribution in [3.05, 3.63) is 28.7 Å². The molecule has 1 aromatic carbocycles. The van der Waals surface area contributed by atoms with E-state index in [9.17, 15) is 9.59 Å². The molecule has 0 saturated heterocycles. The molecule has 2 N–H and O–H groups in total. The van der Waals surface area contributed by atoms with Crippen LogP contribution in [0.2, 0.25) is 0 Å². The summed E-state index contributed by atoms with van der Waals surface area (Å²) in [6, 6.07) is 7.54. The minimum absolute atomic E-state index is 0.0688. The molecule has 0 spiro atoms. The van der Waals surface area contributed by atoms with Gasteiger partial charge in [0.2, 0.25) is 5.91 Å². The molecule has 23 heavy (non-hydrogen) atoms. The van der Waals surface area contributed by atoms with Crippen molar-refractivity contribution in [2.24, 2.45) is 11.8 Å². The van der Waals surface area contributed by atoms with Crippen molar-refractivity contribution >= 4 is 27.8 Å². The molecule has 5 nitrogen and oxygen atoms in total. The van der Waals surface area contributed by atoms with Crippen LogP contribution in [-0.2, 0) is 9.59 Å². The molecule has 1 amide bonds. The number of halogens is 1. The SMILES string of the molecule is CC(CNC(=O)C1CCCC(C(=O)O)C1)Oc1cccc(Br)c1. The predicted octanol–water partition coefficient (Wildman–Crippen LogP) is 3.22. The van der Waals surface area contributed by atoms with E-state index in [-0.39, 0.29) is 17.9 Å². The predicted molar refractivity (Wildman–Crippen MR) is 90.3 cm³/mol. The Hall–Kier alpha value is -1.56. The first-order valence-corrected chi connectivity index (χ1v) is 8.67. The van der Waals surface area contributed by atoms with Crippen molar-refractivity contribution < 1.29 is 19.4 Å². The lowest BCUT2D eigenvalue weighted by Crippen LogP contribution is -2.39. The Labute approximate surface area is 144 Å². The minimum atomic E-state index is -0.797. The number of benzene rings is 1. The van der Waals surface area contributed by atoms with Gasteiger partial charge in [0.1, 0.15) is 11.9 Å². The van der Waals surface area contributed by atoms with Gasteiger partial charge in [0.25, 0.3) is 0 Å². The number of amides is 1. The Morgan fingerprint density at radius 3 is 2.83 bits per heavy atom. The second-order valence-electron chi connectivity index (χ2n) is 6.03. The number of rotatable bonds is 6. The van der Waals surface area contributed by atoms with Crippen LogP contribution in [0, 0.1) is 11.8 Å². The molecular formula is C17H22BrNO4. The highest BCUT2D eigenvalue weighted by molar-refractivity contribution is 9.10. The number of ether oxygens (including phenoxy) is 1. The molecule has 2 rings (SSSR count). The van der Waals surface area contributed by atoms with Gasteiger partial charge >= 0.3 is 5.97 Å². The molecule has 1 aromatic rings. The van der Waals surface area contributed by atoms with Crippen molar-refractivity contribution in [2.75, 3.05) is 6.54 Å². The highest BCUT2D eigenvalue weighted by atomic mass is 79.9. The lowest BCUT2D eigenvalue weighted by molar-refractivity contribution is -0.144. The van der Waals surface area contributed by atoms with Crippen molar-refractivity contribution in [3.8, 4) is 5.75 Å². The van der Waals surface area contributed by atoms with Gasteiger partial charge in [0, 0.05) is 10.4 Å². The summed E-state index contributed by atoms with van der Waals surface area (Å²) in [6.45, 7) is 2.29. The lowest BCUT2D eigenvalue weighted by atomic mass is 9.81. The summed E-state index contributed by atoms with van der Waals surface area (Å²) in [5, 5.41) is 12.0. The standard InChI is InChI=1S/C17H22BrNO4/c1-11(23-15-7-3-6-14(18)9-15)10-19-16(20)12-4-2-5-13(8-12)17(21)22/h3,6-7,9,11-13H,2,4-5,8,10H2,1H3,(H,19,20)(H,21,22). The lowest BCUT2D eigenvalue weighted by Gasteiger charge is -2.26. The number of carboxylic acid groups (broad SMARTS) is 1. The van der Waals surface area contributed by atoms with E-state index >= 15 is 0 Å². The molecule has 1 aliphatic rings. The number of carbonyl (C=O) groups excluding carboxylic acids is 1. The van der Waals surface area contributed by atoms with Crippen LogP contribution in [-0.4, -0.2) is 29.6 Å². The molecule has 3 unspecified atom stereocenters. The van der Waals surface area contributed by atoms with Crippen LogP contribution < -0.4 is 10.1 Å². The van der Waals surface area contributed by atoms with Crippen LogP contribution >= 0.6 is 15.9 Å². The monoisotopic (exact) mass is 383 g/mol. The molecule has 1 aliphatic carbocycles. The Morgan fingerprint density at radius 2 is 2.13 bits per heavy atom. The maximum Gasteiger partial charge on any atom is 0.306 e. The van der Waals surface area contributed by atoms with Gasteiger partial charge in [-0.2, -0.15) is 0 Å². The third kappa shape index (κ3) is 5.53. The van der Waals surface area contributed by atoms with Crippen molar-refractivity contribution in [2.45, 2.75) is 38.7 Å². The van der Waals surface area contributed by atoms with Crippen LogP contribution in [0.15, 0.2) is 28.7 Å². The average molecular weight is 384 g/mol. The largest absolute Gasteiger partial charge is 0.489 e. The minimum Gasteiger partial charge on any atom is -0.489 e. The van der Waals surface area contributed by atoms with Gasteiger partial charge in [-0.1, -0.05) is 28.4 Å². The summed E-state index contributed by atoms with van der Waals surface area (Å²) in [7, 11) is 0. The van der Waals surface area contributed by atoms with E-state index in [1.165, 1.54) is 0 Å². The summed E-state index contributed by atoms with van der Waals surface area (Å²) in [4.78, 5) is 23.3. The van der Waals surface area contributed by atoms with E-state index in [1.807, 2.05) is 31.2 Å². The summed E-state index contributed by atoms with van der Waals surface area (Å²) in [5.41, 5.74) is 0. The van der Waals surface area contributed by atoms with Crippen LogP contribution in [0.3, 0.4) is 0 Å². The first-order valence-electron chi connectivity index (χ1n) is 7.88. The van der Waals surface area contributed by atoms with E-state index < -0.39 is 11.9 Å². The van der Waals surface area contributed by atoms with E-state index in [1.54, 1.807) is 0 Å². The highest BCUT2D eigenvalue weighted by Crippen LogP contribution is 2.29. The fourth-order valence-electron chi connectivity index (χ4n) is 2.86.